The predicted octanol–water partition coefficient (Wildman–Crippen LogP) is 15.1. The van der Waals surface area contributed by atoms with Gasteiger partial charge in [0.25, 0.3) is 0 Å². The Kier molecular flexibility index (Phi) is 8.67. The lowest BCUT2D eigenvalue weighted by atomic mass is 9.83. The molecule has 0 aliphatic rings. The third-order valence-electron chi connectivity index (χ3n) is 11.0. The van der Waals surface area contributed by atoms with Crippen LogP contribution in [0.15, 0.2) is 229 Å². The molecule has 0 radical (unpaired) electrons. The first kappa shape index (κ1) is 33.4. The van der Waals surface area contributed by atoms with Crippen LogP contribution in [0.4, 0.5) is 0 Å². The first-order valence-corrected chi connectivity index (χ1v) is 19.3. The molecule has 264 valence electrons. The van der Waals surface area contributed by atoms with Gasteiger partial charge in [0.1, 0.15) is 11.2 Å². The lowest BCUT2D eigenvalue weighted by Gasteiger charge is -2.20. The zero-order valence-electron chi connectivity index (χ0n) is 30.8. The highest BCUT2D eigenvalue weighted by atomic mass is 16.3. The minimum Gasteiger partial charge on any atom is -0.456 e. The van der Waals surface area contributed by atoms with Crippen LogP contribution in [-0.2, 0) is 0 Å². The molecule has 0 amide bonds. The Hall–Kier alpha value is -7.22. The molecule has 1 nitrogen and oxygen atoms in total. The van der Waals surface area contributed by atoms with Crippen LogP contribution in [0, 0.1) is 0 Å². The summed E-state index contributed by atoms with van der Waals surface area (Å²) in [6.45, 7) is 0. The summed E-state index contributed by atoms with van der Waals surface area (Å²) in [5.74, 6) is 0.0544. The fourth-order valence-electron chi connectivity index (χ4n) is 8.10. The summed E-state index contributed by atoms with van der Waals surface area (Å²) in [4.78, 5) is 0. The van der Waals surface area contributed by atoms with Gasteiger partial charge in [-0.25, -0.2) is 0 Å². The lowest BCUT2D eigenvalue weighted by Crippen LogP contribution is -2.03. The monoisotopic (exact) mass is 714 g/mol. The number of furan rings is 1. The molecule has 10 aromatic rings. The van der Waals surface area contributed by atoms with E-state index < -0.39 is 0 Å². The standard InChI is InChI=1S/C55H38O/c1-3-11-38(12-4-1)46-15-9-17-48(35-46)40-21-27-43(28-22-40)55(44-29-23-41(24-30-44)49-18-10-16-47(36-49)39-13-5-2-6-14-39)45-31-25-42(26-32-45)50-33-34-54-52(37-50)51-19-7-8-20-53(51)56-54/h1-37,55H. The van der Waals surface area contributed by atoms with Crippen LogP contribution >= 0.6 is 0 Å². The van der Waals surface area contributed by atoms with Gasteiger partial charge in [-0.3, -0.25) is 0 Å². The van der Waals surface area contributed by atoms with Crippen LogP contribution in [0.3, 0.4) is 0 Å². The third-order valence-corrected chi connectivity index (χ3v) is 11.0. The minimum atomic E-state index is 0.0544. The normalized spacial score (nSPS) is 11.4. The number of hydrogen-bond acceptors (Lipinski definition) is 1. The van der Waals surface area contributed by atoms with Crippen molar-refractivity contribution < 1.29 is 4.42 Å². The zero-order valence-corrected chi connectivity index (χ0v) is 30.8. The molecule has 9 aromatic carbocycles. The first-order valence-electron chi connectivity index (χ1n) is 19.3. The van der Waals surface area contributed by atoms with Crippen molar-refractivity contribution in [1.82, 2.24) is 0 Å². The van der Waals surface area contributed by atoms with Crippen LogP contribution in [-0.4, -0.2) is 0 Å². The average Bonchev–Trinajstić information content (AvgIpc) is 3.66. The van der Waals surface area contributed by atoms with Crippen molar-refractivity contribution in [2.45, 2.75) is 5.92 Å². The molecule has 0 unspecified atom stereocenters. The van der Waals surface area contributed by atoms with Crippen LogP contribution in [0.2, 0.25) is 0 Å². The molecule has 0 aliphatic carbocycles. The molecule has 1 aromatic heterocycles. The Morgan fingerprint density at radius 3 is 1.04 bits per heavy atom. The Morgan fingerprint density at radius 2 is 0.571 bits per heavy atom. The second-order valence-electron chi connectivity index (χ2n) is 14.5. The third kappa shape index (κ3) is 6.50. The fourth-order valence-corrected chi connectivity index (χ4v) is 8.10. The van der Waals surface area contributed by atoms with Crippen molar-refractivity contribution in [3.05, 3.63) is 241 Å². The van der Waals surface area contributed by atoms with E-state index >= 15 is 0 Å². The molecule has 0 atom stereocenters. The van der Waals surface area contributed by atoms with Crippen LogP contribution in [0.1, 0.15) is 22.6 Å². The highest BCUT2D eigenvalue weighted by Crippen LogP contribution is 2.38. The van der Waals surface area contributed by atoms with Crippen molar-refractivity contribution in [2.75, 3.05) is 0 Å². The minimum absolute atomic E-state index is 0.0544. The summed E-state index contributed by atoms with van der Waals surface area (Å²) in [7, 11) is 0. The Balaban J connectivity index is 1.01. The SMILES string of the molecule is c1ccc(-c2cccc(-c3ccc(C(c4ccc(-c5cccc(-c6ccccc6)c5)cc4)c4ccc(-c5ccc6oc7ccccc7c6c5)cc4)cc3)c2)cc1. The largest absolute Gasteiger partial charge is 0.456 e. The van der Waals surface area contributed by atoms with E-state index in [9.17, 15) is 0 Å². The molecule has 1 heteroatoms. The fraction of sp³-hybridized carbons (Fsp3) is 0.0182. The van der Waals surface area contributed by atoms with E-state index in [0.29, 0.717) is 0 Å². The van der Waals surface area contributed by atoms with E-state index in [1.165, 1.54) is 72.3 Å². The maximum absolute atomic E-state index is 6.12. The van der Waals surface area contributed by atoms with Crippen molar-refractivity contribution >= 4 is 21.9 Å². The summed E-state index contributed by atoms with van der Waals surface area (Å²) in [5.41, 5.74) is 17.7. The Morgan fingerprint density at radius 1 is 0.232 bits per heavy atom. The first-order chi connectivity index (χ1) is 27.7. The molecule has 0 N–H and O–H groups in total. The van der Waals surface area contributed by atoms with E-state index in [-0.39, 0.29) is 5.92 Å². The highest BCUT2D eigenvalue weighted by molar-refractivity contribution is 6.06. The van der Waals surface area contributed by atoms with Gasteiger partial charge in [-0.1, -0.05) is 194 Å². The van der Waals surface area contributed by atoms with Gasteiger partial charge in [0.15, 0.2) is 0 Å². The molecular weight excluding hydrogens is 677 g/mol. The van der Waals surface area contributed by atoms with Gasteiger partial charge in [-0.05, 0) is 103 Å². The molecule has 0 fully saturated rings. The van der Waals surface area contributed by atoms with Crippen LogP contribution in [0.5, 0.6) is 0 Å². The van der Waals surface area contributed by atoms with Gasteiger partial charge in [0, 0.05) is 16.7 Å². The molecule has 56 heavy (non-hydrogen) atoms. The zero-order chi connectivity index (χ0) is 37.3. The second kappa shape index (κ2) is 14.5. The number of benzene rings is 9. The van der Waals surface area contributed by atoms with E-state index in [4.69, 9.17) is 4.42 Å². The van der Waals surface area contributed by atoms with Crippen LogP contribution in [0.25, 0.3) is 77.6 Å². The van der Waals surface area contributed by atoms with E-state index in [2.05, 4.69) is 212 Å². The highest BCUT2D eigenvalue weighted by Gasteiger charge is 2.18. The molecule has 1 heterocycles. The van der Waals surface area contributed by atoms with Gasteiger partial charge >= 0.3 is 0 Å². The number of para-hydroxylation sites is 1. The molecule has 0 spiro atoms. The van der Waals surface area contributed by atoms with E-state index in [1.807, 2.05) is 12.1 Å². The van der Waals surface area contributed by atoms with Crippen molar-refractivity contribution in [2.24, 2.45) is 0 Å². The van der Waals surface area contributed by atoms with Gasteiger partial charge < -0.3 is 4.42 Å². The topological polar surface area (TPSA) is 13.1 Å². The summed E-state index contributed by atoms with van der Waals surface area (Å²) >= 11 is 0. The Bertz CT molecular complexity index is 2790. The molecule has 0 aliphatic heterocycles. The molecule has 0 saturated heterocycles. The number of fused-ring (bicyclic) bond motifs is 3. The molecule has 0 saturated carbocycles. The average molecular weight is 715 g/mol. The second-order valence-corrected chi connectivity index (χ2v) is 14.5. The van der Waals surface area contributed by atoms with Crippen molar-refractivity contribution in [1.29, 1.82) is 0 Å². The van der Waals surface area contributed by atoms with Gasteiger partial charge in [0.2, 0.25) is 0 Å². The molecule has 0 bridgehead atoms. The summed E-state index contributed by atoms with van der Waals surface area (Å²) in [6.07, 6.45) is 0. The quantitative estimate of drug-likeness (QED) is 0.143. The maximum Gasteiger partial charge on any atom is 0.135 e. The van der Waals surface area contributed by atoms with Gasteiger partial charge in [-0.15, -0.1) is 0 Å². The molecule has 10 rings (SSSR count). The summed E-state index contributed by atoms with van der Waals surface area (Å²) in [6, 6.07) is 81.0. The van der Waals surface area contributed by atoms with Gasteiger partial charge in [-0.2, -0.15) is 0 Å². The Labute approximate surface area is 327 Å². The maximum atomic E-state index is 6.12. The van der Waals surface area contributed by atoms with E-state index in [1.54, 1.807) is 0 Å². The summed E-state index contributed by atoms with van der Waals surface area (Å²) in [5, 5.41) is 2.29. The summed E-state index contributed by atoms with van der Waals surface area (Å²) < 4.78 is 6.12. The van der Waals surface area contributed by atoms with Crippen LogP contribution < -0.4 is 0 Å². The lowest BCUT2D eigenvalue weighted by molar-refractivity contribution is 0.669. The molecular formula is C55H38O. The number of hydrogen-bond donors (Lipinski definition) is 0. The smallest absolute Gasteiger partial charge is 0.135 e. The van der Waals surface area contributed by atoms with Crippen molar-refractivity contribution in [3.8, 4) is 55.6 Å². The number of rotatable bonds is 8. The van der Waals surface area contributed by atoms with Crippen molar-refractivity contribution in [3.63, 3.8) is 0 Å². The predicted molar refractivity (Wildman–Crippen MR) is 235 cm³/mol. The van der Waals surface area contributed by atoms with E-state index in [0.717, 1.165) is 21.9 Å². The van der Waals surface area contributed by atoms with Gasteiger partial charge in [0.05, 0.1) is 0 Å².